The number of esters is 1. The van der Waals surface area contributed by atoms with Crippen LogP contribution in [-0.4, -0.2) is 46.3 Å². The van der Waals surface area contributed by atoms with E-state index in [9.17, 15) is 14.4 Å². The van der Waals surface area contributed by atoms with E-state index >= 15 is 0 Å². The second-order valence-electron chi connectivity index (χ2n) is 6.83. The number of rotatable bonds is 8. The van der Waals surface area contributed by atoms with Gasteiger partial charge in [0, 0.05) is 23.8 Å². The number of amides is 1. The average molecular weight is 405 g/mol. The van der Waals surface area contributed by atoms with Crippen molar-refractivity contribution in [3.05, 3.63) is 44.9 Å². The van der Waals surface area contributed by atoms with E-state index in [4.69, 9.17) is 4.74 Å². The lowest BCUT2D eigenvalue weighted by molar-refractivity contribution is 0.0512. The third-order valence-corrected chi connectivity index (χ3v) is 5.62. The molecule has 0 N–H and O–H groups in total. The molecule has 2 aromatic rings. The third-order valence-electron chi connectivity index (χ3n) is 4.76. The van der Waals surface area contributed by atoms with Crippen LogP contribution in [-0.2, 0) is 11.3 Å². The zero-order valence-electron chi connectivity index (χ0n) is 17.4. The molecule has 0 saturated heterocycles. The second-order valence-corrected chi connectivity index (χ2v) is 7.77. The normalized spacial score (nSPS) is 11.0. The van der Waals surface area contributed by atoms with E-state index in [0.29, 0.717) is 28.2 Å². The van der Waals surface area contributed by atoms with Crippen molar-refractivity contribution < 1.29 is 19.1 Å². The highest BCUT2D eigenvalue weighted by molar-refractivity contribution is 7.12. The van der Waals surface area contributed by atoms with Gasteiger partial charge >= 0.3 is 5.97 Å². The highest BCUT2D eigenvalue weighted by atomic mass is 32.1. The Morgan fingerprint density at radius 1 is 1.21 bits per heavy atom. The largest absolute Gasteiger partial charge is 0.461 e. The highest BCUT2D eigenvalue weighted by Crippen LogP contribution is 2.25. The Hall–Kier alpha value is -2.41. The lowest BCUT2D eigenvalue weighted by Gasteiger charge is -2.25. The summed E-state index contributed by atoms with van der Waals surface area (Å²) in [6.07, 6.45) is 0. The van der Waals surface area contributed by atoms with Crippen molar-refractivity contribution in [3.8, 4) is 0 Å². The molecule has 0 spiro atoms. The van der Waals surface area contributed by atoms with Crippen molar-refractivity contribution in [2.24, 2.45) is 0 Å². The van der Waals surface area contributed by atoms with E-state index in [0.717, 1.165) is 5.69 Å². The summed E-state index contributed by atoms with van der Waals surface area (Å²) < 4.78 is 6.98. The zero-order chi connectivity index (χ0) is 21.0. The van der Waals surface area contributed by atoms with Crippen LogP contribution >= 0.6 is 11.3 Å². The Morgan fingerprint density at radius 2 is 1.89 bits per heavy atom. The molecule has 0 unspecified atom stereocenters. The van der Waals surface area contributed by atoms with Crippen LogP contribution in [0.15, 0.2) is 17.5 Å². The van der Waals surface area contributed by atoms with Crippen LogP contribution < -0.4 is 0 Å². The van der Waals surface area contributed by atoms with Crippen LogP contribution in [0, 0.1) is 13.8 Å². The fraction of sp³-hybridized carbons (Fsp3) is 0.476. The molecule has 0 atom stereocenters. The van der Waals surface area contributed by atoms with Gasteiger partial charge in [-0.25, -0.2) is 4.79 Å². The van der Waals surface area contributed by atoms with Gasteiger partial charge in [-0.3, -0.25) is 9.59 Å². The van der Waals surface area contributed by atoms with Crippen LogP contribution in [0.1, 0.15) is 69.5 Å². The smallest absolute Gasteiger partial charge is 0.355 e. The molecule has 7 heteroatoms. The van der Waals surface area contributed by atoms with E-state index in [1.54, 1.807) is 29.4 Å². The molecule has 0 radical (unpaired) electrons. The molecule has 6 nitrogen and oxygen atoms in total. The van der Waals surface area contributed by atoms with Gasteiger partial charge in [0.25, 0.3) is 5.91 Å². The van der Waals surface area contributed by atoms with Crippen LogP contribution in [0.3, 0.4) is 0 Å². The molecule has 0 aliphatic rings. The Bertz CT molecular complexity index is 866. The van der Waals surface area contributed by atoms with Crippen molar-refractivity contribution in [2.45, 2.75) is 54.1 Å². The third kappa shape index (κ3) is 4.19. The van der Waals surface area contributed by atoms with E-state index in [1.165, 1.54) is 11.3 Å². The molecule has 152 valence electrons. The lowest BCUT2D eigenvalue weighted by Crippen LogP contribution is -2.40. The summed E-state index contributed by atoms with van der Waals surface area (Å²) in [5.41, 5.74) is 2.23. The van der Waals surface area contributed by atoms with Gasteiger partial charge in [0.2, 0.25) is 0 Å². The molecule has 0 aromatic carbocycles. The maximum atomic E-state index is 13.2. The first kappa shape index (κ1) is 21.9. The van der Waals surface area contributed by atoms with E-state index in [1.807, 2.05) is 39.1 Å². The minimum atomic E-state index is -0.431. The predicted octanol–water partition coefficient (Wildman–Crippen LogP) is 4.10. The molecule has 2 heterocycles. The van der Waals surface area contributed by atoms with Gasteiger partial charge in [-0.1, -0.05) is 6.07 Å². The maximum absolute atomic E-state index is 13.2. The fourth-order valence-electron chi connectivity index (χ4n) is 3.43. The number of carbonyl (C=O) groups excluding carboxylic acids is 3. The molecule has 0 saturated carbocycles. The number of aromatic nitrogens is 1. The Morgan fingerprint density at radius 3 is 2.39 bits per heavy atom. The number of ketones is 1. The van der Waals surface area contributed by atoms with Gasteiger partial charge in [0.1, 0.15) is 5.69 Å². The number of nitrogens with zero attached hydrogens (tertiary/aromatic N) is 2. The fourth-order valence-corrected chi connectivity index (χ4v) is 4.11. The first-order valence-corrected chi connectivity index (χ1v) is 10.4. The van der Waals surface area contributed by atoms with Crippen LogP contribution in [0.2, 0.25) is 0 Å². The Balaban J connectivity index is 2.40. The van der Waals surface area contributed by atoms with Gasteiger partial charge in [-0.05, 0) is 58.6 Å². The van der Waals surface area contributed by atoms with Gasteiger partial charge in [-0.15, -0.1) is 11.3 Å². The highest BCUT2D eigenvalue weighted by Gasteiger charge is 2.29. The van der Waals surface area contributed by atoms with E-state index in [-0.39, 0.29) is 30.9 Å². The summed E-state index contributed by atoms with van der Waals surface area (Å²) in [5.74, 6) is -0.764. The molecule has 0 aliphatic carbocycles. The van der Waals surface area contributed by atoms with Crippen LogP contribution in [0.5, 0.6) is 0 Å². The quantitative estimate of drug-likeness (QED) is 0.491. The summed E-state index contributed by atoms with van der Waals surface area (Å²) in [4.78, 5) is 40.6. The summed E-state index contributed by atoms with van der Waals surface area (Å²) >= 11 is 1.36. The summed E-state index contributed by atoms with van der Waals surface area (Å²) in [5, 5.41) is 1.84. The maximum Gasteiger partial charge on any atom is 0.355 e. The SMILES string of the molecule is CCOC(=O)c1c(C)c(C(=O)CN(C(=O)c2cccs2)C(C)C)c(C)n1CC. The van der Waals surface area contributed by atoms with E-state index < -0.39 is 5.97 Å². The molecule has 0 bridgehead atoms. The van der Waals surface area contributed by atoms with Crippen molar-refractivity contribution >= 4 is 29.0 Å². The Labute approximate surface area is 170 Å². The van der Waals surface area contributed by atoms with Gasteiger partial charge in [0.15, 0.2) is 5.78 Å². The molecule has 0 aliphatic heterocycles. The molecule has 28 heavy (non-hydrogen) atoms. The second kappa shape index (κ2) is 9.19. The number of hydrogen-bond acceptors (Lipinski definition) is 5. The summed E-state index contributed by atoms with van der Waals surface area (Å²) in [7, 11) is 0. The molecular formula is C21H28N2O4S. The van der Waals surface area contributed by atoms with Gasteiger partial charge in [0.05, 0.1) is 18.0 Å². The van der Waals surface area contributed by atoms with E-state index in [2.05, 4.69) is 0 Å². The first-order valence-electron chi connectivity index (χ1n) is 9.48. The molecule has 2 rings (SSSR count). The Kier molecular flexibility index (Phi) is 7.18. The van der Waals surface area contributed by atoms with Crippen LogP contribution in [0.25, 0.3) is 0 Å². The monoisotopic (exact) mass is 404 g/mol. The average Bonchev–Trinajstić information content (AvgIpc) is 3.25. The summed E-state index contributed by atoms with van der Waals surface area (Å²) in [6.45, 7) is 11.8. The molecular weight excluding hydrogens is 376 g/mol. The molecule has 2 aromatic heterocycles. The minimum Gasteiger partial charge on any atom is -0.461 e. The standard InChI is InChI=1S/C21H28N2O4S/c1-7-22-15(6)18(14(5)19(22)21(26)27-8-2)16(24)12-23(13(3)4)20(25)17-10-9-11-28-17/h9-11,13H,7-8,12H2,1-6H3. The number of thiophene rings is 1. The number of Topliss-reactive ketones (excluding diaryl/α,β-unsaturated/α-hetero) is 1. The van der Waals surface area contributed by atoms with Crippen molar-refractivity contribution in [3.63, 3.8) is 0 Å². The van der Waals surface area contributed by atoms with Gasteiger partial charge in [-0.2, -0.15) is 0 Å². The number of ether oxygens (including phenoxy) is 1. The first-order chi connectivity index (χ1) is 13.2. The summed E-state index contributed by atoms with van der Waals surface area (Å²) in [6, 6.07) is 3.45. The topological polar surface area (TPSA) is 68.6 Å². The van der Waals surface area contributed by atoms with Crippen LogP contribution in [0.4, 0.5) is 0 Å². The predicted molar refractivity (Wildman–Crippen MR) is 110 cm³/mol. The van der Waals surface area contributed by atoms with Gasteiger partial charge < -0.3 is 14.2 Å². The van der Waals surface area contributed by atoms with Crippen molar-refractivity contribution in [1.82, 2.24) is 9.47 Å². The number of carbonyl (C=O) groups is 3. The lowest BCUT2D eigenvalue weighted by atomic mass is 10.0. The zero-order valence-corrected chi connectivity index (χ0v) is 18.2. The molecule has 1 amide bonds. The molecule has 0 fully saturated rings. The van der Waals surface area contributed by atoms with Crippen molar-refractivity contribution in [1.29, 1.82) is 0 Å². The minimum absolute atomic E-state index is 0.0356. The number of hydrogen-bond donors (Lipinski definition) is 0. The van der Waals surface area contributed by atoms with Crippen molar-refractivity contribution in [2.75, 3.05) is 13.2 Å².